The Hall–Kier alpha value is -1.46. The van der Waals surface area contributed by atoms with Gasteiger partial charge in [-0.2, -0.15) is 0 Å². The number of hydrogen-bond donors (Lipinski definition) is 3. The third-order valence-corrected chi connectivity index (χ3v) is 2.70. The zero-order valence-corrected chi connectivity index (χ0v) is 9.81. The maximum atomic E-state index is 10.0. The number of aliphatic hydroxyl groups is 1. The number of phenols is 1. The van der Waals surface area contributed by atoms with Crippen LogP contribution in [-0.2, 0) is 0 Å². The normalized spacial score (nSPS) is 12.6. The molecule has 2 rings (SSSR count). The number of nitrogens with two attached hydrogens (primary N) is 1. The smallest absolute Gasteiger partial charge is 0.169 e. The van der Waals surface area contributed by atoms with Crippen LogP contribution in [0.15, 0.2) is 39.4 Å². The van der Waals surface area contributed by atoms with Crippen molar-refractivity contribution in [1.29, 1.82) is 0 Å². The Balaban J connectivity index is 2.41. The van der Waals surface area contributed by atoms with E-state index in [0.29, 0.717) is 16.0 Å². The summed E-state index contributed by atoms with van der Waals surface area (Å²) in [6.45, 7) is 0. The van der Waals surface area contributed by atoms with Crippen molar-refractivity contribution in [2.45, 2.75) is 6.10 Å². The first-order valence-corrected chi connectivity index (χ1v) is 5.39. The summed E-state index contributed by atoms with van der Waals surface area (Å²) in [5, 5.41) is 19.4. The number of aliphatic hydroxyl groups excluding tert-OH is 1. The van der Waals surface area contributed by atoms with E-state index in [4.69, 9.17) is 10.2 Å². The summed E-state index contributed by atoms with van der Waals surface area (Å²) in [6, 6.07) is 8.03. The van der Waals surface area contributed by atoms with Crippen LogP contribution in [0.25, 0.3) is 0 Å². The van der Waals surface area contributed by atoms with Crippen LogP contribution in [0.5, 0.6) is 5.75 Å². The van der Waals surface area contributed by atoms with E-state index in [9.17, 15) is 10.2 Å². The zero-order valence-electron chi connectivity index (χ0n) is 8.22. The van der Waals surface area contributed by atoms with E-state index in [0.717, 1.165) is 0 Å². The standard InChI is InChI=1S/C11H10BrNO3/c12-9-5-4-8(16-9)11(15)6-2-1-3-7(14)10(6)13/h1-5,11,14-15H,13H2. The summed E-state index contributed by atoms with van der Waals surface area (Å²) < 4.78 is 5.75. The van der Waals surface area contributed by atoms with Gasteiger partial charge in [0.15, 0.2) is 4.67 Å². The van der Waals surface area contributed by atoms with Gasteiger partial charge in [-0.1, -0.05) is 12.1 Å². The van der Waals surface area contributed by atoms with Crippen LogP contribution >= 0.6 is 15.9 Å². The Labute approximate surface area is 100 Å². The highest BCUT2D eigenvalue weighted by Crippen LogP contribution is 2.33. The molecule has 0 bridgehead atoms. The number of halogens is 1. The van der Waals surface area contributed by atoms with Gasteiger partial charge in [0.2, 0.25) is 0 Å². The maximum Gasteiger partial charge on any atom is 0.169 e. The molecule has 0 amide bonds. The van der Waals surface area contributed by atoms with E-state index in [-0.39, 0.29) is 11.4 Å². The fraction of sp³-hybridized carbons (Fsp3) is 0.0909. The van der Waals surface area contributed by atoms with Crippen molar-refractivity contribution in [2.75, 3.05) is 5.73 Å². The molecule has 4 nitrogen and oxygen atoms in total. The number of rotatable bonds is 2. The molecule has 0 aliphatic carbocycles. The van der Waals surface area contributed by atoms with Crippen molar-refractivity contribution in [1.82, 2.24) is 0 Å². The molecule has 0 aliphatic rings. The van der Waals surface area contributed by atoms with E-state index in [1.54, 1.807) is 24.3 Å². The Morgan fingerprint density at radius 2 is 2.00 bits per heavy atom. The SMILES string of the molecule is Nc1c(O)cccc1C(O)c1ccc(Br)o1. The zero-order chi connectivity index (χ0) is 11.7. The minimum Gasteiger partial charge on any atom is -0.506 e. The molecule has 0 spiro atoms. The minimum absolute atomic E-state index is 0.0535. The average Bonchev–Trinajstić information content (AvgIpc) is 2.68. The van der Waals surface area contributed by atoms with Crippen molar-refractivity contribution in [3.05, 3.63) is 46.3 Å². The minimum atomic E-state index is -0.988. The predicted molar refractivity (Wildman–Crippen MR) is 63.0 cm³/mol. The second kappa shape index (κ2) is 4.19. The van der Waals surface area contributed by atoms with E-state index < -0.39 is 6.10 Å². The Morgan fingerprint density at radius 1 is 1.25 bits per heavy atom. The fourth-order valence-electron chi connectivity index (χ4n) is 1.44. The first kappa shape index (κ1) is 11.0. The van der Waals surface area contributed by atoms with Crippen molar-refractivity contribution < 1.29 is 14.6 Å². The molecular formula is C11H10BrNO3. The van der Waals surface area contributed by atoms with Gasteiger partial charge >= 0.3 is 0 Å². The highest BCUT2D eigenvalue weighted by molar-refractivity contribution is 9.10. The van der Waals surface area contributed by atoms with Crippen LogP contribution in [0.3, 0.4) is 0 Å². The number of anilines is 1. The molecule has 0 saturated heterocycles. The largest absolute Gasteiger partial charge is 0.506 e. The van der Waals surface area contributed by atoms with Gasteiger partial charge in [-0.25, -0.2) is 0 Å². The van der Waals surface area contributed by atoms with E-state index in [1.807, 2.05) is 0 Å². The van der Waals surface area contributed by atoms with Crippen LogP contribution in [0.4, 0.5) is 5.69 Å². The number of para-hydroxylation sites is 1. The second-order valence-corrected chi connectivity index (χ2v) is 4.11. The molecule has 1 heterocycles. The first-order valence-electron chi connectivity index (χ1n) is 4.60. The number of aromatic hydroxyl groups is 1. The Kier molecular flexibility index (Phi) is 2.89. The third-order valence-electron chi connectivity index (χ3n) is 2.27. The molecule has 2 aromatic rings. The van der Waals surface area contributed by atoms with Gasteiger partial charge in [-0.3, -0.25) is 0 Å². The number of hydrogen-bond acceptors (Lipinski definition) is 4. The van der Waals surface area contributed by atoms with E-state index >= 15 is 0 Å². The van der Waals surface area contributed by atoms with E-state index in [2.05, 4.69) is 15.9 Å². The van der Waals surface area contributed by atoms with Crippen molar-refractivity contribution in [2.24, 2.45) is 0 Å². The number of phenolic OH excluding ortho intramolecular Hbond substituents is 1. The summed E-state index contributed by atoms with van der Waals surface area (Å²) in [6.07, 6.45) is -0.988. The highest BCUT2D eigenvalue weighted by atomic mass is 79.9. The second-order valence-electron chi connectivity index (χ2n) is 3.32. The van der Waals surface area contributed by atoms with Crippen LogP contribution in [0.2, 0.25) is 0 Å². The van der Waals surface area contributed by atoms with Crippen molar-refractivity contribution in [3.63, 3.8) is 0 Å². The number of furan rings is 1. The molecule has 1 aromatic carbocycles. The van der Waals surface area contributed by atoms with Gasteiger partial charge in [0.05, 0.1) is 5.69 Å². The molecule has 0 radical (unpaired) electrons. The monoisotopic (exact) mass is 283 g/mol. The molecule has 1 aromatic heterocycles. The topological polar surface area (TPSA) is 79.6 Å². The molecule has 0 aliphatic heterocycles. The lowest BCUT2D eigenvalue weighted by atomic mass is 10.0. The molecule has 4 N–H and O–H groups in total. The first-order chi connectivity index (χ1) is 7.59. The average molecular weight is 284 g/mol. The summed E-state index contributed by atoms with van der Waals surface area (Å²) in [4.78, 5) is 0. The molecule has 0 fully saturated rings. The van der Waals surface area contributed by atoms with Gasteiger partial charge < -0.3 is 20.4 Å². The summed E-state index contributed by atoms with van der Waals surface area (Å²) >= 11 is 3.15. The lowest BCUT2D eigenvalue weighted by Gasteiger charge is -2.11. The van der Waals surface area contributed by atoms with Crippen molar-refractivity contribution >= 4 is 21.6 Å². The molecular weight excluding hydrogens is 274 g/mol. The van der Waals surface area contributed by atoms with Crippen LogP contribution in [0.1, 0.15) is 17.4 Å². The molecule has 0 saturated carbocycles. The summed E-state index contributed by atoms with van der Waals surface area (Å²) in [5.74, 6) is 0.311. The molecule has 1 atom stereocenters. The Morgan fingerprint density at radius 3 is 2.62 bits per heavy atom. The van der Waals surface area contributed by atoms with Gasteiger partial charge in [0.1, 0.15) is 17.6 Å². The van der Waals surface area contributed by atoms with Crippen LogP contribution in [-0.4, -0.2) is 10.2 Å². The van der Waals surface area contributed by atoms with Crippen LogP contribution in [0, 0.1) is 0 Å². The quantitative estimate of drug-likeness (QED) is 0.584. The van der Waals surface area contributed by atoms with Crippen molar-refractivity contribution in [3.8, 4) is 5.75 Å². The molecule has 16 heavy (non-hydrogen) atoms. The number of benzene rings is 1. The van der Waals surface area contributed by atoms with Gasteiger partial charge in [-0.05, 0) is 34.1 Å². The predicted octanol–water partition coefficient (Wildman–Crippen LogP) is 2.41. The molecule has 5 heteroatoms. The summed E-state index contributed by atoms with van der Waals surface area (Å²) in [5.41, 5.74) is 6.24. The van der Waals surface area contributed by atoms with Gasteiger partial charge in [0.25, 0.3) is 0 Å². The molecule has 1 unspecified atom stereocenters. The number of nitrogen functional groups attached to an aromatic ring is 1. The van der Waals surface area contributed by atoms with E-state index in [1.165, 1.54) is 6.07 Å². The fourth-order valence-corrected chi connectivity index (χ4v) is 1.76. The van der Waals surface area contributed by atoms with Gasteiger partial charge in [-0.15, -0.1) is 0 Å². The van der Waals surface area contributed by atoms with Gasteiger partial charge in [0, 0.05) is 5.56 Å². The highest BCUT2D eigenvalue weighted by Gasteiger charge is 2.18. The third kappa shape index (κ3) is 1.91. The lowest BCUT2D eigenvalue weighted by Crippen LogP contribution is -2.02. The summed E-state index contributed by atoms with van der Waals surface area (Å²) in [7, 11) is 0. The molecule has 84 valence electrons. The lowest BCUT2D eigenvalue weighted by molar-refractivity contribution is 0.188. The Bertz CT molecular complexity index is 510. The van der Waals surface area contributed by atoms with Crippen LogP contribution < -0.4 is 5.73 Å². The maximum absolute atomic E-state index is 10.0.